The lowest BCUT2D eigenvalue weighted by Crippen LogP contribution is -2.40. The van der Waals surface area contributed by atoms with Gasteiger partial charge in [-0.3, -0.25) is 14.4 Å². The zero-order valence-corrected chi connectivity index (χ0v) is 13.1. The number of Topliss-reactive ketones (excluding diaryl/α,β-unsaturated/α-hetero) is 3. The summed E-state index contributed by atoms with van der Waals surface area (Å²) in [6, 6.07) is 0. The van der Waals surface area contributed by atoms with E-state index in [-0.39, 0.29) is 11.1 Å². The van der Waals surface area contributed by atoms with Gasteiger partial charge < -0.3 is 15.3 Å². The molecule has 0 aliphatic heterocycles. The fourth-order valence-electron chi connectivity index (χ4n) is 1.55. The van der Waals surface area contributed by atoms with Crippen LogP contribution in [0.25, 0.3) is 0 Å². The molecule has 0 aromatic rings. The number of carbonyl (C=O) groups excluding carboxylic acids is 3. The Morgan fingerprint density at radius 3 is 1.86 bits per heavy atom. The first-order valence-corrected chi connectivity index (χ1v) is 6.36. The van der Waals surface area contributed by atoms with Gasteiger partial charge in [0.2, 0.25) is 5.78 Å². The van der Waals surface area contributed by atoms with Gasteiger partial charge >= 0.3 is 0 Å². The van der Waals surface area contributed by atoms with Crippen molar-refractivity contribution < 1.29 is 29.7 Å². The van der Waals surface area contributed by atoms with Gasteiger partial charge in [0.05, 0.1) is 11.1 Å². The molecule has 0 saturated heterocycles. The van der Waals surface area contributed by atoms with Crippen LogP contribution < -0.4 is 0 Å². The molecule has 0 aliphatic carbocycles. The molecule has 0 fully saturated rings. The smallest absolute Gasteiger partial charge is 0.204 e. The monoisotopic (exact) mass is 308 g/mol. The highest BCUT2D eigenvalue weighted by atomic mass is 16.3. The van der Waals surface area contributed by atoms with Crippen LogP contribution in [0, 0.1) is 0 Å². The van der Waals surface area contributed by atoms with E-state index in [2.05, 4.69) is 13.2 Å². The summed E-state index contributed by atoms with van der Waals surface area (Å²) in [4.78, 5) is 35.1. The van der Waals surface area contributed by atoms with Crippen molar-refractivity contribution >= 4 is 17.3 Å². The minimum Gasteiger partial charge on any atom is -0.508 e. The molecule has 0 bridgehead atoms. The standard InChI is InChI=1S/C16H20O6/c1-7-12(18)9(3)13(19)10(4)15(21)16(6,22)14(20)8(2)11(5)17/h7,18,21-22H,2-3H2,1,4-6H3/b12-7+,15-10-. The lowest BCUT2D eigenvalue weighted by molar-refractivity contribution is -0.132. The van der Waals surface area contributed by atoms with E-state index in [0.29, 0.717) is 0 Å². The molecule has 0 spiro atoms. The third kappa shape index (κ3) is 3.79. The highest BCUT2D eigenvalue weighted by Crippen LogP contribution is 2.24. The van der Waals surface area contributed by atoms with Gasteiger partial charge in [0.15, 0.2) is 17.2 Å². The molecule has 6 heteroatoms. The van der Waals surface area contributed by atoms with Crippen molar-refractivity contribution in [3.63, 3.8) is 0 Å². The zero-order chi connectivity index (χ0) is 17.8. The highest BCUT2D eigenvalue weighted by Gasteiger charge is 2.39. The molecule has 0 heterocycles. The van der Waals surface area contributed by atoms with Gasteiger partial charge in [-0.2, -0.15) is 0 Å². The van der Waals surface area contributed by atoms with Crippen molar-refractivity contribution in [2.24, 2.45) is 0 Å². The van der Waals surface area contributed by atoms with Gasteiger partial charge in [0, 0.05) is 5.57 Å². The number of aliphatic hydroxyl groups excluding tert-OH is 2. The maximum Gasteiger partial charge on any atom is 0.204 e. The minimum atomic E-state index is -2.49. The van der Waals surface area contributed by atoms with Crippen LogP contribution in [0.3, 0.4) is 0 Å². The first-order valence-electron chi connectivity index (χ1n) is 6.36. The first-order chi connectivity index (χ1) is 9.89. The van der Waals surface area contributed by atoms with Gasteiger partial charge in [0.1, 0.15) is 11.5 Å². The predicted octanol–water partition coefficient (Wildman–Crippen LogP) is 1.87. The van der Waals surface area contributed by atoms with E-state index >= 15 is 0 Å². The minimum absolute atomic E-state index is 0.305. The summed E-state index contributed by atoms with van der Waals surface area (Å²) in [6.07, 6.45) is 1.23. The summed E-state index contributed by atoms with van der Waals surface area (Å²) in [6.45, 7) is 11.3. The van der Waals surface area contributed by atoms with Crippen LogP contribution in [0.2, 0.25) is 0 Å². The van der Waals surface area contributed by atoms with Crippen LogP contribution in [0.1, 0.15) is 27.7 Å². The lowest BCUT2D eigenvalue weighted by atomic mass is 9.88. The van der Waals surface area contributed by atoms with E-state index < -0.39 is 40.0 Å². The molecule has 3 N–H and O–H groups in total. The van der Waals surface area contributed by atoms with Crippen LogP contribution in [0.4, 0.5) is 0 Å². The van der Waals surface area contributed by atoms with Crippen molar-refractivity contribution in [1.82, 2.24) is 0 Å². The van der Waals surface area contributed by atoms with Crippen molar-refractivity contribution in [2.75, 3.05) is 0 Å². The fraction of sp³-hybridized carbons (Fsp3) is 0.312. The van der Waals surface area contributed by atoms with E-state index in [4.69, 9.17) is 0 Å². The van der Waals surface area contributed by atoms with E-state index in [1.807, 2.05) is 0 Å². The average Bonchev–Trinajstić information content (AvgIpc) is 2.48. The predicted molar refractivity (Wildman–Crippen MR) is 81.3 cm³/mol. The van der Waals surface area contributed by atoms with E-state index in [0.717, 1.165) is 20.8 Å². The zero-order valence-electron chi connectivity index (χ0n) is 13.1. The number of carbonyl (C=O) groups is 3. The van der Waals surface area contributed by atoms with Gasteiger partial charge in [-0.25, -0.2) is 0 Å². The first kappa shape index (κ1) is 19.5. The molecule has 1 unspecified atom stereocenters. The maximum atomic E-state index is 12.0. The third-order valence-electron chi connectivity index (χ3n) is 3.15. The Balaban J connectivity index is 5.79. The molecule has 0 saturated carbocycles. The number of ketones is 3. The summed E-state index contributed by atoms with van der Waals surface area (Å²) in [7, 11) is 0. The van der Waals surface area contributed by atoms with Crippen LogP contribution in [0.15, 0.2) is 47.5 Å². The topological polar surface area (TPSA) is 112 Å². The summed E-state index contributed by atoms with van der Waals surface area (Å²) in [5, 5.41) is 29.6. The Bertz CT molecular complexity index is 617. The van der Waals surface area contributed by atoms with Crippen LogP contribution in [-0.4, -0.2) is 38.3 Å². The summed E-state index contributed by atoms with van der Waals surface area (Å²) in [5.41, 5.74) is -3.69. The highest BCUT2D eigenvalue weighted by molar-refractivity contribution is 6.22. The number of rotatable bonds is 7. The van der Waals surface area contributed by atoms with Gasteiger partial charge in [-0.1, -0.05) is 13.2 Å². The Labute approximate surface area is 128 Å². The van der Waals surface area contributed by atoms with Crippen LogP contribution in [0.5, 0.6) is 0 Å². The molecule has 0 amide bonds. The molecule has 1 atom stereocenters. The van der Waals surface area contributed by atoms with E-state index in [9.17, 15) is 29.7 Å². The van der Waals surface area contributed by atoms with Gasteiger partial charge in [0.25, 0.3) is 0 Å². The molecule has 0 rings (SSSR count). The Kier molecular flexibility index (Phi) is 6.21. The Hall–Kier alpha value is -2.47. The molecule has 0 aliphatic rings. The molecule has 6 nitrogen and oxygen atoms in total. The van der Waals surface area contributed by atoms with Crippen molar-refractivity contribution in [3.8, 4) is 0 Å². The Morgan fingerprint density at radius 2 is 1.50 bits per heavy atom. The summed E-state index contributed by atoms with van der Waals surface area (Å²) in [5.74, 6) is -3.97. The normalized spacial score (nSPS) is 15.4. The second-order valence-electron chi connectivity index (χ2n) is 4.89. The second kappa shape index (κ2) is 7.00. The molecular weight excluding hydrogens is 288 g/mol. The molecule has 0 radical (unpaired) electrons. The molecule has 0 aromatic heterocycles. The summed E-state index contributed by atoms with van der Waals surface area (Å²) < 4.78 is 0. The molecule has 22 heavy (non-hydrogen) atoms. The quantitative estimate of drug-likeness (QED) is 0.218. The lowest BCUT2D eigenvalue weighted by Gasteiger charge is -2.23. The summed E-state index contributed by atoms with van der Waals surface area (Å²) >= 11 is 0. The third-order valence-corrected chi connectivity index (χ3v) is 3.15. The van der Waals surface area contributed by atoms with Crippen LogP contribution in [-0.2, 0) is 14.4 Å². The molecule has 0 aromatic carbocycles. The second-order valence-corrected chi connectivity index (χ2v) is 4.89. The number of hydrogen-bond acceptors (Lipinski definition) is 6. The van der Waals surface area contributed by atoms with E-state index in [1.54, 1.807) is 0 Å². The Morgan fingerprint density at radius 1 is 1.05 bits per heavy atom. The largest absolute Gasteiger partial charge is 0.508 e. The SMILES string of the molecule is C=C(C(C)=O)C(=O)C(C)(O)/C(O)=C(\C)C(=O)C(=C)/C(O)=C\C. The van der Waals surface area contributed by atoms with Crippen LogP contribution >= 0.6 is 0 Å². The average molecular weight is 308 g/mol. The maximum absolute atomic E-state index is 12.0. The molecular formula is C16H20O6. The fourth-order valence-corrected chi connectivity index (χ4v) is 1.55. The number of hydrogen-bond donors (Lipinski definition) is 3. The van der Waals surface area contributed by atoms with Gasteiger partial charge in [-0.15, -0.1) is 0 Å². The molecule has 120 valence electrons. The van der Waals surface area contributed by atoms with Crippen molar-refractivity contribution in [2.45, 2.75) is 33.3 Å². The van der Waals surface area contributed by atoms with Crippen molar-refractivity contribution in [3.05, 3.63) is 47.5 Å². The van der Waals surface area contributed by atoms with Gasteiger partial charge in [-0.05, 0) is 33.8 Å². The van der Waals surface area contributed by atoms with E-state index in [1.165, 1.54) is 13.0 Å². The number of allylic oxidation sites excluding steroid dienone is 3. The number of aliphatic hydroxyl groups is 3. The van der Waals surface area contributed by atoms with Crippen molar-refractivity contribution in [1.29, 1.82) is 0 Å².